The summed E-state index contributed by atoms with van der Waals surface area (Å²) in [7, 11) is 1.73. The third-order valence-electron chi connectivity index (χ3n) is 3.39. The molecule has 1 aliphatic heterocycles. The summed E-state index contributed by atoms with van der Waals surface area (Å²) >= 11 is 0. The number of carbonyl (C=O) groups excluding carboxylic acids is 3. The summed E-state index contributed by atoms with van der Waals surface area (Å²) in [5.74, 6) is -1.33. The Morgan fingerprint density at radius 1 is 1.40 bits per heavy atom. The van der Waals surface area contributed by atoms with Gasteiger partial charge in [-0.1, -0.05) is 13.3 Å². The molecule has 2 atom stereocenters. The molecule has 1 aromatic heterocycles. The Morgan fingerprint density at radius 2 is 2.10 bits per heavy atom. The van der Waals surface area contributed by atoms with Crippen molar-refractivity contribution in [1.82, 2.24) is 25.0 Å². The summed E-state index contributed by atoms with van der Waals surface area (Å²) in [6.07, 6.45) is 2.59. The first-order chi connectivity index (χ1) is 9.47. The monoisotopic (exact) mass is 279 g/mol. The van der Waals surface area contributed by atoms with Gasteiger partial charge in [0.05, 0.1) is 6.04 Å². The van der Waals surface area contributed by atoms with Gasteiger partial charge in [0, 0.05) is 7.05 Å². The molecule has 2 heterocycles. The van der Waals surface area contributed by atoms with E-state index in [9.17, 15) is 14.4 Å². The summed E-state index contributed by atoms with van der Waals surface area (Å²) < 4.78 is 1.64. The highest BCUT2D eigenvalue weighted by Crippen LogP contribution is 2.24. The molecule has 20 heavy (non-hydrogen) atoms. The topological polar surface area (TPSA) is 97.2 Å². The smallest absolute Gasteiger partial charge is 0.319 e. The van der Waals surface area contributed by atoms with Gasteiger partial charge >= 0.3 is 6.03 Å². The molecule has 0 spiro atoms. The van der Waals surface area contributed by atoms with Crippen LogP contribution in [0.1, 0.15) is 38.6 Å². The zero-order valence-electron chi connectivity index (χ0n) is 11.7. The molecule has 1 saturated heterocycles. The van der Waals surface area contributed by atoms with Crippen LogP contribution in [0.3, 0.4) is 0 Å². The second-order valence-electron chi connectivity index (χ2n) is 4.82. The van der Waals surface area contributed by atoms with Crippen LogP contribution in [0.15, 0.2) is 6.33 Å². The Hall–Kier alpha value is -2.25. The maximum absolute atomic E-state index is 12.4. The Labute approximate surface area is 116 Å². The number of hydrogen-bond acceptors (Lipinski definition) is 5. The summed E-state index contributed by atoms with van der Waals surface area (Å²) in [6.45, 7) is 3.56. The van der Waals surface area contributed by atoms with Gasteiger partial charge in [-0.3, -0.25) is 19.8 Å². The molecule has 0 aliphatic carbocycles. The number of nitrogens with one attached hydrogen (secondary N) is 1. The van der Waals surface area contributed by atoms with Gasteiger partial charge in [-0.25, -0.2) is 4.79 Å². The Bertz CT molecular complexity index is 553. The van der Waals surface area contributed by atoms with Crippen molar-refractivity contribution < 1.29 is 14.4 Å². The fourth-order valence-corrected chi connectivity index (χ4v) is 2.33. The predicted octanol–water partition coefficient (Wildman–Crippen LogP) is 0.371. The van der Waals surface area contributed by atoms with E-state index in [-0.39, 0.29) is 0 Å². The van der Waals surface area contributed by atoms with E-state index in [1.165, 1.54) is 6.33 Å². The number of imide groups is 2. The van der Waals surface area contributed by atoms with E-state index in [0.717, 1.165) is 4.90 Å². The highest BCUT2D eigenvalue weighted by Gasteiger charge is 2.43. The van der Waals surface area contributed by atoms with Crippen LogP contribution >= 0.6 is 0 Å². The van der Waals surface area contributed by atoms with Gasteiger partial charge in [-0.15, -0.1) is 10.2 Å². The van der Waals surface area contributed by atoms with E-state index in [1.807, 2.05) is 6.92 Å². The molecule has 0 aromatic carbocycles. The fraction of sp³-hybridized carbons (Fsp3) is 0.583. The fourth-order valence-electron chi connectivity index (χ4n) is 2.33. The standard InChI is InChI=1S/C12H17N5O3/c1-4-5-8-10(18)14-12(20)17(11(8)19)7(2)9-15-13-6-16(9)3/h6-8H,4-5H2,1-3H3,(H,14,18,20). The van der Waals surface area contributed by atoms with Crippen molar-refractivity contribution in [2.24, 2.45) is 13.0 Å². The van der Waals surface area contributed by atoms with Crippen LogP contribution in [-0.2, 0) is 16.6 Å². The first-order valence-electron chi connectivity index (χ1n) is 6.49. The average Bonchev–Trinajstić information content (AvgIpc) is 2.80. The molecule has 4 amide bonds. The lowest BCUT2D eigenvalue weighted by molar-refractivity contribution is -0.144. The Morgan fingerprint density at radius 3 is 2.65 bits per heavy atom. The Balaban J connectivity index is 2.30. The van der Waals surface area contributed by atoms with Gasteiger partial charge in [0.1, 0.15) is 12.2 Å². The normalized spacial score (nSPS) is 21.1. The first-order valence-corrected chi connectivity index (χ1v) is 6.49. The van der Waals surface area contributed by atoms with Gasteiger partial charge in [0.2, 0.25) is 11.8 Å². The molecule has 1 aromatic rings. The van der Waals surface area contributed by atoms with Crippen molar-refractivity contribution in [2.45, 2.75) is 32.7 Å². The van der Waals surface area contributed by atoms with Crippen LogP contribution in [-0.4, -0.2) is 37.5 Å². The lowest BCUT2D eigenvalue weighted by Gasteiger charge is -2.33. The molecule has 1 fully saturated rings. The van der Waals surface area contributed by atoms with Crippen molar-refractivity contribution in [1.29, 1.82) is 0 Å². The number of nitrogens with zero attached hydrogens (tertiary/aromatic N) is 4. The lowest BCUT2D eigenvalue weighted by Crippen LogP contribution is -2.58. The van der Waals surface area contributed by atoms with Crippen LogP contribution in [0.5, 0.6) is 0 Å². The van der Waals surface area contributed by atoms with E-state index >= 15 is 0 Å². The van der Waals surface area contributed by atoms with Crippen molar-refractivity contribution >= 4 is 17.8 Å². The molecule has 1 N–H and O–H groups in total. The van der Waals surface area contributed by atoms with Crippen molar-refractivity contribution in [3.63, 3.8) is 0 Å². The highest BCUT2D eigenvalue weighted by molar-refractivity contribution is 6.16. The number of urea groups is 1. The minimum atomic E-state index is -0.812. The van der Waals surface area contributed by atoms with E-state index in [2.05, 4.69) is 15.5 Å². The third kappa shape index (κ3) is 2.28. The van der Waals surface area contributed by atoms with Crippen LogP contribution in [0, 0.1) is 5.92 Å². The third-order valence-corrected chi connectivity index (χ3v) is 3.39. The van der Waals surface area contributed by atoms with Crippen LogP contribution in [0.2, 0.25) is 0 Å². The zero-order valence-corrected chi connectivity index (χ0v) is 11.7. The summed E-state index contributed by atoms with van der Waals surface area (Å²) in [6, 6.07) is -1.29. The van der Waals surface area contributed by atoms with Crippen molar-refractivity contribution in [3.8, 4) is 0 Å². The van der Waals surface area contributed by atoms with E-state index in [1.54, 1.807) is 18.5 Å². The van der Waals surface area contributed by atoms with E-state index < -0.39 is 29.8 Å². The molecule has 2 rings (SSSR count). The minimum absolute atomic E-state index is 0.417. The molecule has 0 bridgehead atoms. The summed E-state index contributed by atoms with van der Waals surface area (Å²) in [5.41, 5.74) is 0. The van der Waals surface area contributed by atoms with Gasteiger partial charge in [-0.2, -0.15) is 0 Å². The molecule has 2 unspecified atom stereocenters. The first kappa shape index (κ1) is 14.2. The largest absolute Gasteiger partial charge is 0.331 e. The Kier molecular flexibility index (Phi) is 3.82. The molecular formula is C12H17N5O3. The van der Waals surface area contributed by atoms with Gasteiger partial charge in [-0.05, 0) is 13.3 Å². The maximum atomic E-state index is 12.4. The number of carbonyl (C=O) groups is 3. The molecular weight excluding hydrogens is 262 g/mol. The second-order valence-corrected chi connectivity index (χ2v) is 4.82. The zero-order chi connectivity index (χ0) is 14.9. The average molecular weight is 279 g/mol. The predicted molar refractivity (Wildman–Crippen MR) is 68.2 cm³/mol. The quantitative estimate of drug-likeness (QED) is 0.803. The minimum Gasteiger partial charge on any atom is -0.319 e. The SMILES string of the molecule is CCCC1C(=O)NC(=O)N(C(C)c2nncn2C)C1=O. The van der Waals surface area contributed by atoms with E-state index in [4.69, 9.17) is 0 Å². The van der Waals surface area contributed by atoms with E-state index in [0.29, 0.717) is 18.7 Å². The molecule has 8 nitrogen and oxygen atoms in total. The number of hydrogen-bond donors (Lipinski definition) is 1. The molecule has 0 radical (unpaired) electrons. The number of rotatable bonds is 4. The van der Waals surface area contributed by atoms with Gasteiger partial charge < -0.3 is 4.57 Å². The second kappa shape index (κ2) is 5.40. The van der Waals surface area contributed by atoms with Gasteiger partial charge in [0.15, 0.2) is 5.82 Å². The number of aromatic nitrogens is 3. The lowest BCUT2D eigenvalue weighted by atomic mass is 9.98. The molecule has 108 valence electrons. The number of aryl methyl sites for hydroxylation is 1. The number of barbiturate groups is 1. The summed E-state index contributed by atoms with van der Waals surface area (Å²) in [5, 5.41) is 9.87. The molecule has 0 saturated carbocycles. The van der Waals surface area contributed by atoms with Crippen molar-refractivity contribution in [2.75, 3.05) is 0 Å². The number of amides is 4. The molecule has 8 heteroatoms. The molecule has 1 aliphatic rings. The van der Waals surface area contributed by atoms with Crippen LogP contribution < -0.4 is 5.32 Å². The van der Waals surface area contributed by atoms with Gasteiger partial charge in [0.25, 0.3) is 0 Å². The maximum Gasteiger partial charge on any atom is 0.331 e. The van der Waals surface area contributed by atoms with Crippen molar-refractivity contribution in [3.05, 3.63) is 12.2 Å². The van der Waals surface area contributed by atoms with Crippen LogP contribution in [0.4, 0.5) is 4.79 Å². The van der Waals surface area contributed by atoms with Crippen LogP contribution in [0.25, 0.3) is 0 Å². The summed E-state index contributed by atoms with van der Waals surface area (Å²) in [4.78, 5) is 37.1. The highest BCUT2D eigenvalue weighted by atomic mass is 16.2.